The van der Waals surface area contributed by atoms with E-state index in [2.05, 4.69) is 21.0 Å². The van der Waals surface area contributed by atoms with Crippen molar-refractivity contribution in [2.45, 2.75) is 26.4 Å². The molecule has 4 aromatic rings. The van der Waals surface area contributed by atoms with Crippen molar-refractivity contribution in [3.63, 3.8) is 0 Å². The van der Waals surface area contributed by atoms with Crippen LogP contribution in [0.25, 0.3) is 10.9 Å². The van der Waals surface area contributed by atoms with Gasteiger partial charge in [0.05, 0.1) is 17.1 Å². The van der Waals surface area contributed by atoms with Crippen molar-refractivity contribution in [1.29, 1.82) is 0 Å². The molecule has 0 unspecified atom stereocenters. The second-order valence-corrected chi connectivity index (χ2v) is 9.97. The van der Waals surface area contributed by atoms with Crippen LogP contribution in [0.4, 0.5) is 5.69 Å². The van der Waals surface area contributed by atoms with Crippen LogP contribution in [0.1, 0.15) is 36.7 Å². The maximum Gasteiger partial charge on any atom is 0.282 e. The number of anilines is 1. The van der Waals surface area contributed by atoms with Crippen LogP contribution in [0.5, 0.6) is 5.75 Å². The summed E-state index contributed by atoms with van der Waals surface area (Å²) >= 11 is 9.75. The summed E-state index contributed by atoms with van der Waals surface area (Å²) in [5, 5.41) is 5.71. The summed E-state index contributed by atoms with van der Waals surface area (Å²) in [4.78, 5) is 20.0. The van der Waals surface area contributed by atoms with Crippen LogP contribution in [-0.2, 0) is 6.61 Å². The zero-order valence-electron chi connectivity index (χ0n) is 20.0. The normalized spacial score (nSPS) is 11.5. The van der Waals surface area contributed by atoms with E-state index in [1.165, 1.54) is 4.68 Å². The molecule has 35 heavy (non-hydrogen) atoms. The number of halogens is 2. The van der Waals surface area contributed by atoms with E-state index in [9.17, 15) is 4.79 Å². The molecular weight excluding hydrogens is 528 g/mol. The highest BCUT2D eigenvalue weighted by atomic mass is 79.9. The van der Waals surface area contributed by atoms with Gasteiger partial charge in [-0.05, 0) is 36.4 Å². The van der Waals surface area contributed by atoms with Crippen LogP contribution in [-0.4, -0.2) is 30.0 Å². The van der Waals surface area contributed by atoms with Crippen molar-refractivity contribution in [3.8, 4) is 5.75 Å². The monoisotopic (exact) mass is 552 g/mol. The molecule has 0 fully saturated rings. The number of hydrogen-bond donors (Lipinski definition) is 0. The van der Waals surface area contributed by atoms with Crippen LogP contribution in [0, 0.1) is 0 Å². The van der Waals surface area contributed by atoms with Gasteiger partial charge in [0, 0.05) is 52.4 Å². The molecule has 0 saturated carbocycles. The predicted octanol–water partition coefficient (Wildman–Crippen LogP) is 6.46. The van der Waals surface area contributed by atoms with Crippen molar-refractivity contribution in [2.75, 3.05) is 19.0 Å². The molecule has 6 nitrogen and oxygen atoms in total. The second-order valence-electron chi connectivity index (χ2n) is 8.64. The Morgan fingerprint density at radius 2 is 1.91 bits per heavy atom. The van der Waals surface area contributed by atoms with E-state index in [-0.39, 0.29) is 11.5 Å². The molecule has 0 atom stereocenters. The number of nitrogens with zero attached hydrogens (tertiary/aromatic N) is 4. The molecule has 0 bridgehead atoms. The maximum absolute atomic E-state index is 13.3. The molecule has 1 heterocycles. The van der Waals surface area contributed by atoms with Gasteiger partial charge in [0.25, 0.3) is 5.56 Å². The van der Waals surface area contributed by atoms with Gasteiger partial charge in [-0.2, -0.15) is 9.78 Å². The maximum atomic E-state index is 13.3. The molecule has 3 aromatic carbocycles. The van der Waals surface area contributed by atoms with Crippen molar-refractivity contribution in [1.82, 2.24) is 9.66 Å². The molecule has 180 valence electrons. The third kappa shape index (κ3) is 5.57. The van der Waals surface area contributed by atoms with Gasteiger partial charge in [-0.25, -0.2) is 4.98 Å². The molecule has 0 aliphatic heterocycles. The number of hydrogen-bond acceptors (Lipinski definition) is 5. The minimum atomic E-state index is -0.223. The quantitative estimate of drug-likeness (QED) is 0.246. The Hall–Kier alpha value is -3.16. The topological polar surface area (TPSA) is 59.7 Å². The van der Waals surface area contributed by atoms with Gasteiger partial charge in [-0.3, -0.25) is 4.79 Å². The summed E-state index contributed by atoms with van der Waals surface area (Å²) in [6.45, 7) is 4.28. The molecule has 1 aromatic heterocycles. The molecular formula is C27H26BrClN4O2. The van der Waals surface area contributed by atoms with E-state index in [1.807, 2.05) is 87.4 Å². The van der Waals surface area contributed by atoms with Gasteiger partial charge in [-0.15, -0.1) is 0 Å². The fourth-order valence-electron chi connectivity index (χ4n) is 3.57. The third-order valence-electron chi connectivity index (χ3n) is 5.52. The summed E-state index contributed by atoms with van der Waals surface area (Å²) in [6, 6.07) is 18.9. The minimum Gasteiger partial charge on any atom is -0.488 e. The lowest BCUT2D eigenvalue weighted by molar-refractivity contribution is 0.306. The van der Waals surface area contributed by atoms with Crippen molar-refractivity contribution in [2.24, 2.45) is 5.10 Å². The Bertz CT molecular complexity index is 1460. The van der Waals surface area contributed by atoms with Crippen LogP contribution in [0.2, 0.25) is 5.02 Å². The fourth-order valence-corrected chi connectivity index (χ4v) is 4.13. The second kappa shape index (κ2) is 10.6. The van der Waals surface area contributed by atoms with Gasteiger partial charge in [0.2, 0.25) is 0 Å². The highest BCUT2D eigenvalue weighted by Crippen LogP contribution is 2.26. The number of benzene rings is 3. The lowest BCUT2D eigenvalue weighted by Crippen LogP contribution is -2.23. The Labute approximate surface area is 218 Å². The number of aromatic nitrogens is 2. The summed E-state index contributed by atoms with van der Waals surface area (Å²) in [5.41, 5.74) is 3.02. The van der Waals surface area contributed by atoms with Crippen LogP contribution >= 0.6 is 27.5 Å². The average molecular weight is 554 g/mol. The summed E-state index contributed by atoms with van der Waals surface area (Å²) in [5.74, 6) is 1.22. The van der Waals surface area contributed by atoms with E-state index in [0.717, 1.165) is 21.3 Å². The lowest BCUT2D eigenvalue weighted by atomic mass is 10.1. The van der Waals surface area contributed by atoms with Crippen LogP contribution < -0.4 is 15.2 Å². The van der Waals surface area contributed by atoms with E-state index in [1.54, 1.807) is 12.3 Å². The smallest absolute Gasteiger partial charge is 0.282 e. The first-order chi connectivity index (χ1) is 16.7. The lowest BCUT2D eigenvalue weighted by Gasteiger charge is -2.17. The van der Waals surface area contributed by atoms with Gasteiger partial charge in [-0.1, -0.05) is 59.6 Å². The predicted molar refractivity (Wildman–Crippen MR) is 147 cm³/mol. The zero-order chi connectivity index (χ0) is 25.1. The summed E-state index contributed by atoms with van der Waals surface area (Å²) in [7, 11) is 3.93. The molecule has 0 amide bonds. The largest absolute Gasteiger partial charge is 0.488 e. The average Bonchev–Trinajstić information content (AvgIpc) is 2.83. The van der Waals surface area contributed by atoms with Crippen molar-refractivity contribution < 1.29 is 4.74 Å². The standard InChI is InChI=1S/C27H26BrClN4O2/c1-17(2)26-31-24-12-10-20(28)13-22(24)27(34)33(26)30-15-18-9-11-21(32(3)4)14-25(18)35-16-19-7-5-6-8-23(19)29/h5-15,17H,16H2,1-4H3. The summed E-state index contributed by atoms with van der Waals surface area (Å²) in [6.07, 6.45) is 1.64. The molecule has 0 radical (unpaired) electrons. The molecule has 0 aliphatic carbocycles. The van der Waals surface area contributed by atoms with Crippen molar-refractivity contribution in [3.05, 3.63) is 97.5 Å². The Morgan fingerprint density at radius 1 is 1.14 bits per heavy atom. The highest BCUT2D eigenvalue weighted by Gasteiger charge is 2.14. The molecule has 0 N–H and O–H groups in total. The molecule has 0 saturated heterocycles. The van der Waals surface area contributed by atoms with Crippen LogP contribution in [0.15, 0.2) is 75.0 Å². The Morgan fingerprint density at radius 3 is 2.63 bits per heavy atom. The van der Waals surface area contributed by atoms with E-state index in [0.29, 0.717) is 34.1 Å². The van der Waals surface area contributed by atoms with Gasteiger partial charge >= 0.3 is 0 Å². The van der Waals surface area contributed by atoms with Gasteiger partial charge < -0.3 is 9.64 Å². The van der Waals surface area contributed by atoms with Crippen molar-refractivity contribution >= 4 is 50.3 Å². The minimum absolute atomic E-state index is 0.0000401. The van der Waals surface area contributed by atoms with E-state index in [4.69, 9.17) is 21.3 Å². The highest BCUT2D eigenvalue weighted by molar-refractivity contribution is 9.10. The van der Waals surface area contributed by atoms with Crippen LogP contribution in [0.3, 0.4) is 0 Å². The number of ether oxygens (including phenoxy) is 1. The number of rotatable bonds is 7. The zero-order valence-corrected chi connectivity index (χ0v) is 22.3. The molecule has 0 aliphatic rings. The fraction of sp³-hybridized carbons (Fsp3) is 0.222. The third-order valence-corrected chi connectivity index (χ3v) is 6.38. The van der Waals surface area contributed by atoms with E-state index >= 15 is 0 Å². The first kappa shape index (κ1) is 24.9. The Balaban J connectivity index is 1.76. The number of fused-ring (bicyclic) bond motifs is 1. The Kier molecular flexibility index (Phi) is 7.57. The first-order valence-electron chi connectivity index (χ1n) is 11.2. The first-order valence-corrected chi connectivity index (χ1v) is 12.4. The molecule has 0 spiro atoms. The molecule has 4 rings (SSSR count). The SMILES string of the molecule is CC(C)c1nc2ccc(Br)cc2c(=O)n1N=Cc1ccc(N(C)C)cc1OCc1ccccc1Cl. The molecule has 8 heteroatoms. The summed E-state index contributed by atoms with van der Waals surface area (Å²) < 4.78 is 8.35. The van der Waals surface area contributed by atoms with Gasteiger partial charge in [0.15, 0.2) is 0 Å². The van der Waals surface area contributed by atoms with Gasteiger partial charge in [0.1, 0.15) is 18.2 Å². The van der Waals surface area contributed by atoms with E-state index < -0.39 is 0 Å².